The Bertz CT molecular complexity index is 292. The number of rotatable bonds is 8. The van der Waals surface area contributed by atoms with Crippen LogP contribution < -0.4 is 0 Å². The topological polar surface area (TPSA) is 35.5 Å². The van der Waals surface area contributed by atoms with Crippen molar-refractivity contribution < 1.29 is 14.0 Å². The Balaban J connectivity index is 4.14. The van der Waals surface area contributed by atoms with Crippen LogP contribution in [0.15, 0.2) is 12.7 Å². The molecule has 0 saturated carbocycles. The standard InChI is InChI=1S/C15H30O3Si/c1-8-10-13(14(16)17-5)11-9-12-18-19(6,7)15(2,3)4/h8,13H,1,9-12H2,2-7H3. The zero-order valence-corrected chi connectivity index (χ0v) is 14.4. The van der Waals surface area contributed by atoms with Gasteiger partial charge in [0.05, 0.1) is 13.0 Å². The van der Waals surface area contributed by atoms with Crippen LogP contribution in [0.2, 0.25) is 18.1 Å². The molecule has 112 valence electrons. The molecule has 0 heterocycles. The summed E-state index contributed by atoms with van der Waals surface area (Å²) in [5, 5.41) is 0.232. The lowest BCUT2D eigenvalue weighted by atomic mass is 10.00. The van der Waals surface area contributed by atoms with Gasteiger partial charge in [-0.25, -0.2) is 0 Å². The molecule has 0 spiro atoms. The van der Waals surface area contributed by atoms with E-state index in [1.54, 1.807) is 6.08 Å². The van der Waals surface area contributed by atoms with Crippen molar-refractivity contribution in [3.63, 3.8) is 0 Å². The Kier molecular flexibility index (Phi) is 7.60. The maximum atomic E-state index is 11.6. The molecule has 0 saturated heterocycles. The highest BCUT2D eigenvalue weighted by molar-refractivity contribution is 6.74. The molecule has 0 radical (unpaired) electrons. The second kappa shape index (κ2) is 7.85. The molecule has 0 bridgehead atoms. The summed E-state index contributed by atoms with van der Waals surface area (Å²) in [6, 6.07) is 0. The molecule has 0 aliphatic rings. The van der Waals surface area contributed by atoms with Crippen LogP contribution >= 0.6 is 0 Å². The van der Waals surface area contributed by atoms with Crippen molar-refractivity contribution in [1.29, 1.82) is 0 Å². The first-order chi connectivity index (χ1) is 8.65. The van der Waals surface area contributed by atoms with E-state index in [1.807, 2.05) is 0 Å². The minimum absolute atomic E-state index is 0.0782. The van der Waals surface area contributed by atoms with Gasteiger partial charge in [0.15, 0.2) is 8.32 Å². The number of methoxy groups -OCH3 is 1. The Hall–Kier alpha value is -0.613. The number of allylic oxidation sites excluding steroid dienone is 1. The molecule has 0 N–H and O–H groups in total. The van der Waals surface area contributed by atoms with Crippen molar-refractivity contribution in [1.82, 2.24) is 0 Å². The van der Waals surface area contributed by atoms with Crippen LogP contribution in [0, 0.1) is 5.92 Å². The predicted octanol–water partition coefficient (Wildman–Crippen LogP) is 4.15. The summed E-state index contributed by atoms with van der Waals surface area (Å²) < 4.78 is 10.9. The molecule has 4 heteroatoms. The number of hydrogen-bond acceptors (Lipinski definition) is 3. The Morgan fingerprint density at radius 3 is 2.37 bits per heavy atom. The highest BCUT2D eigenvalue weighted by Crippen LogP contribution is 2.36. The summed E-state index contributed by atoms with van der Waals surface area (Å²) in [5.74, 6) is -0.224. The quantitative estimate of drug-likeness (QED) is 0.291. The lowest BCUT2D eigenvalue weighted by Gasteiger charge is -2.36. The van der Waals surface area contributed by atoms with Crippen LogP contribution in [0.1, 0.15) is 40.0 Å². The summed E-state index contributed by atoms with van der Waals surface area (Å²) >= 11 is 0. The summed E-state index contributed by atoms with van der Waals surface area (Å²) in [6.07, 6.45) is 4.14. The highest BCUT2D eigenvalue weighted by atomic mass is 28.4. The Labute approximate surface area is 119 Å². The normalized spacial score (nSPS) is 14.0. The van der Waals surface area contributed by atoms with E-state index < -0.39 is 8.32 Å². The van der Waals surface area contributed by atoms with Crippen LogP contribution in [0.5, 0.6) is 0 Å². The van der Waals surface area contributed by atoms with Gasteiger partial charge in [-0.2, -0.15) is 0 Å². The molecule has 0 aromatic heterocycles. The van der Waals surface area contributed by atoms with E-state index in [4.69, 9.17) is 9.16 Å². The van der Waals surface area contributed by atoms with Crippen molar-refractivity contribution in [2.24, 2.45) is 5.92 Å². The number of carbonyl (C=O) groups excluding carboxylic acids is 1. The van der Waals surface area contributed by atoms with Crippen LogP contribution in [0.3, 0.4) is 0 Å². The van der Waals surface area contributed by atoms with Gasteiger partial charge in [-0.05, 0) is 37.4 Å². The van der Waals surface area contributed by atoms with Gasteiger partial charge in [0.2, 0.25) is 0 Å². The second-order valence-electron chi connectivity index (χ2n) is 6.50. The summed E-state index contributed by atoms with van der Waals surface area (Å²) in [4.78, 5) is 11.6. The Morgan fingerprint density at radius 2 is 1.95 bits per heavy atom. The van der Waals surface area contributed by atoms with E-state index in [1.165, 1.54) is 7.11 Å². The predicted molar refractivity (Wildman–Crippen MR) is 82.7 cm³/mol. The first-order valence-corrected chi connectivity index (χ1v) is 9.89. The molecule has 1 unspecified atom stereocenters. The molecule has 19 heavy (non-hydrogen) atoms. The monoisotopic (exact) mass is 286 g/mol. The lowest BCUT2D eigenvalue weighted by molar-refractivity contribution is -0.145. The SMILES string of the molecule is C=CCC(CCCO[Si](C)(C)C(C)(C)C)C(=O)OC. The zero-order valence-electron chi connectivity index (χ0n) is 13.4. The van der Waals surface area contributed by atoms with Gasteiger partial charge in [-0.1, -0.05) is 26.8 Å². The van der Waals surface area contributed by atoms with Crippen molar-refractivity contribution >= 4 is 14.3 Å². The molecular formula is C15H30O3Si. The van der Waals surface area contributed by atoms with Gasteiger partial charge >= 0.3 is 5.97 Å². The number of carbonyl (C=O) groups is 1. The summed E-state index contributed by atoms with van der Waals surface area (Å²) in [6.45, 7) is 15.6. The van der Waals surface area contributed by atoms with Gasteiger partial charge in [-0.3, -0.25) is 4.79 Å². The third kappa shape index (κ3) is 6.39. The molecule has 0 aromatic rings. The largest absolute Gasteiger partial charge is 0.469 e. The van der Waals surface area contributed by atoms with Gasteiger partial charge < -0.3 is 9.16 Å². The van der Waals surface area contributed by atoms with Crippen molar-refractivity contribution in [2.75, 3.05) is 13.7 Å². The van der Waals surface area contributed by atoms with Gasteiger partial charge in [0.1, 0.15) is 0 Å². The molecule has 0 rings (SSSR count). The Morgan fingerprint density at radius 1 is 1.37 bits per heavy atom. The average molecular weight is 286 g/mol. The van der Waals surface area contributed by atoms with E-state index in [-0.39, 0.29) is 16.9 Å². The smallest absolute Gasteiger partial charge is 0.308 e. The second-order valence-corrected chi connectivity index (χ2v) is 11.3. The van der Waals surface area contributed by atoms with E-state index in [0.29, 0.717) is 6.42 Å². The molecule has 0 aliphatic carbocycles. The molecule has 0 amide bonds. The van der Waals surface area contributed by atoms with Crippen molar-refractivity contribution in [3.8, 4) is 0 Å². The molecule has 0 aliphatic heterocycles. The molecular weight excluding hydrogens is 256 g/mol. The highest BCUT2D eigenvalue weighted by Gasteiger charge is 2.36. The minimum Gasteiger partial charge on any atom is -0.469 e. The van der Waals surface area contributed by atoms with E-state index in [2.05, 4.69) is 40.4 Å². The summed E-state index contributed by atoms with van der Waals surface area (Å²) in [7, 11) is -0.232. The van der Waals surface area contributed by atoms with E-state index in [9.17, 15) is 4.79 Å². The first kappa shape index (κ1) is 18.4. The van der Waals surface area contributed by atoms with Gasteiger partial charge in [0, 0.05) is 6.61 Å². The van der Waals surface area contributed by atoms with Crippen molar-refractivity contribution in [2.45, 2.75) is 58.2 Å². The van der Waals surface area contributed by atoms with Crippen LogP contribution in [0.4, 0.5) is 0 Å². The van der Waals surface area contributed by atoms with Crippen molar-refractivity contribution in [3.05, 3.63) is 12.7 Å². The molecule has 3 nitrogen and oxygen atoms in total. The van der Waals surface area contributed by atoms with Crippen LogP contribution in [-0.4, -0.2) is 28.0 Å². The molecule has 0 fully saturated rings. The maximum absolute atomic E-state index is 11.6. The maximum Gasteiger partial charge on any atom is 0.308 e. The molecule has 0 aromatic carbocycles. The summed E-state index contributed by atoms with van der Waals surface area (Å²) in [5.41, 5.74) is 0. The van der Waals surface area contributed by atoms with Crippen LogP contribution in [-0.2, 0) is 14.0 Å². The van der Waals surface area contributed by atoms with E-state index >= 15 is 0 Å². The fourth-order valence-corrected chi connectivity index (χ4v) is 2.66. The average Bonchev–Trinajstić information content (AvgIpc) is 2.30. The lowest BCUT2D eigenvalue weighted by Crippen LogP contribution is -2.41. The minimum atomic E-state index is -1.67. The van der Waals surface area contributed by atoms with Gasteiger partial charge in [-0.15, -0.1) is 6.58 Å². The van der Waals surface area contributed by atoms with E-state index in [0.717, 1.165) is 19.4 Å². The number of esters is 1. The molecule has 1 atom stereocenters. The number of ether oxygens (including phenoxy) is 1. The third-order valence-electron chi connectivity index (χ3n) is 3.95. The van der Waals surface area contributed by atoms with Crippen LogP contribution in [0.25, 0.3) is 0 Å². The zero-order chi connectivity index (χ0) is 15.1. The fourth-order valence-electron chi connectivity index (χ4n) is 1.57. The third-order valence-corrected chi connectivity index (χ3v) is 8.49. The number of hydrogen-bond donors (Lipinski definition) is 0. The van der Waals surface area contributed by atoms with Gasteiger partial charge in [0.25, 0.3) is 0 Å². The first-order valence-electron chi connectivity index (χ1n) is 6.98. The fraction of sp³-hybridized carbons (Fsp3) is 0.800.